The molecule has 1 amide bonds. The van der Waals surface area contributed by atoms with Crippen LogP contribution in [0.1, 0.15) is 35.5 Å². The SMILES string of the molecule is CC(=O)N[C@@H]1[C@@H](O[C@@H]2OC[C@@H](OCc3ccccc3)[C@@H](OCc3ccccc3)[C@@H]2OCc2ccccc2)[C@@H]2OC(c3ccccc3)OC[C@H]2O[C@H]1N=[N+]=[N-]. The smallest absolute Gasteiger partial charge is 0.217 e. The van der Waals surface area contributed by atoms with Crippen LogP contribution in [-0.4, -0.2) is 74.3 Å². The average Bonchev–Trinajstić information content (AvgIpc) is 3.21. The van der Waals surface area contributed by atoms with Crippen LogP contribution in [0, 0.1) is 0 Å². The summed E-state index contributed by atoms with van der Waals surface area (Å²) in [5.41, 5.74) is 13.2. The second-order valence-corrected chi connectivity index (χ2v) is 13.3. The van der Waals surface area contributed by atoms with E-state index in [-0.39, 0.29) is 32.3 Å². The predicted molar refractivity (Wildman–Crippen MR) is 195 cm³/mol. The zero-order valence-corrected chi connectivity index (χ0v) is 29.9. The molecule has 4 aromatic rings. The van der Waals surface area contributed by atoms with Crippen LogP contribution in [0.4, 0.5) is 0 Å². The Hall–Kier alpha value is -4.66. The van der Waals surface area contributed by atoms with Gasteiger partial charge in [-0.25, -0.2) is 0 Å². The van der Waals surface area contributed by atoms with E-state index in [9.17, 15) is 10.3 Å². The van der Waals surface area contributed by atoms with E-state index in [2.05, 4.69) is 15.3 Å². The minimum Gasteiger partial charge on any atom is -0.368 e. The molecule has 13 nitrogen and oxygen atoms in total. The lowest BCUT2D eigenvalue weighted by Gasteiger charge is -2.50. The summed E-state index contributed by atoms with van der Waals surface area (Å²) < 4.78 is 52.2. The molecule has 1 N–H and O–H groups in total. The van der Waals surface area contributed by atoms with E-state index >= 15 is 0 Å². The van der Waals surface area contributed by atoms with Gasteiger partial charge in [0.25, 0.3) is 0 Å². The van der Waals surface area contributed by atoms with E-state index in [1.54, 1.807) is 0 Å². The Labute approximate surface area is 314 Å². The van der Waals surface area contributed by atoms with Crippen molar-refractivity contribution in [3.63, 3.8) is 0 Å². The summed E-state index contributed by atoms with van der Waals surface area (Å²) in [6, 6.07) is 38.1. The molecule has 0 aromatic heterocycles. The third-order valence-corrected chi connectivity index (χ3v) is 9.52. The highest BCUT2D eigenvalue weighted by atomic mass is 16.8. The summed E-state index contributed by atoms with van der Waals surface area (Å²) in [5.74, 6) is -0.375. The number of nitrogens with zero attached hydrogens (tertiary/aromatic N) is 3. The fourth-order valence-corrected chi connectivity index (χ4v) is 6.91. The Kier molecular flexibility index (Phi) is 13.0. The van der Waals surface area contributed by atoms with Gasteiger partial charge in [-0.05, 0) is 22.2 Å². The van der Waals surface area contributed by atoms with Crippen LogP contribution >= 0.6 is 0 Å². The lowest BCUT2D eigenvalue weighted by atomic mass is 9.94. The van der Waals surface area contributed by atoms with E-state index in [0.29, 0.717) is 6.61 Å². The van der Waals surface area contributed by atoms with Crippen LogP contribution in [0.2, 0.25) is 0 Å². The largest absolute Gasteiger partial charge is 0.368 e. The van der Waals surface area contributed by atoms with E-state index in [1.807, 2.05) is 121 Å². The Bertz CT molecular complexity index is 1800. The molecule has 0 radical (unpaired) electrons. The van der Waals surface area contributed by atoms with Gasteiger partial charge >= 0.3 is 0 Å². The Morgan fingerprint density at radius 1 is 0.722 bits per heavy atom. The molecule has 0 bridgehead atoms. The van der Waals surface area contributed by atoms with Gasteiger partial charge in [0.2, 0.25) is 5.91 Å². The number of amides is 1. The Balaban J connectivity index is 1.22. The van der Waals surface area contributed by atoms with Gasteiger partial charge in [0, 0.05) is 17.4 Å². The fourth-order valence-electron chi connectivity index (χ4n) is 6.91. The Morgan fingerprint density at radius 2 is 1.28 bits per heavy atom. The number of rotatable bonds is 14. The molecule has 13 heteroatoms. The van der Waals surface area contributed by atoms with Gasteiger partial charge in [-0.15, -0.1) is 0 Å². The van der Waals surface area contributed by atoms with Crippen molar-refractivity contribution < 1.29 is 42.7 Å². The summed E-state index contributed by atoms with van der Waals surface area (Å²) >= 11 is 0. The number of carbonyl (C=O) groups excluding carboxylic acids is 1. The zero-order chi connectivity index (χ0) is 37.1. The number of fused-ring (bicyclic) bond motifs is 1. The molecule has 3 aliphatic heterocycles. The van der Waals surface area contributed by atoms with E-state index < -0.39 is 61.5 Å². The molecule has 1 unspecified atom stereocenters. The van der Waals surface area contributed by atoms with Crippen LogP contribution in [0.3, 0.4) is 0 Å². The lowest BCUT2D eigenvalue weighted by Crippen LogP contribution is -2.68. The van der Waals surface area contributed by atoms with Crippen LogP contribution in [0.25, 0.3) is 10.4 Å². The molecule has 0 spiro atoms. The summed E-state index contributed by atoms with van der Waals surface area (Å²) in [7, 11) is 0. The summed E-state index contributed by atoms with van der Waals surface area (Å²) in [4.78, 5) is 15.7. The van der Waals surface area contributed by atoms with Crippen molar-refractivity contribution in [3.05, 3.63) is 154 Å². The number of azide groups is 1. The fraction of sp³-hybridized carbons (Fsp3) is 0.390. The van der Waals surface area contributed by atoms with Crippen molar-refractivity contribution in [2.24, 2.45) is 5.11 Å². The summed E-state index contributed by atoms with van der Waals surface area (Å²) in [6.07, 6.45) is -7.37. The quantitative estimate of drug-likeness (QED) is 0.0915. The molecule has 4 aromatic carbocycles. The number of carbonyl (C=O) groups is 1. The van der Waals surface area contributed by atoms with E-state index in [1.165, 1.54) is 6.92 Å². The molecular weight excluding hydrogens is 692 g/mol. The molecule has 54 heavy (non-hydrogen) atoms. The third-order valence-electron chi connectivity index (χ3n) is 9.52. The standard InChI is InChI=1S/C41H44N4O9/c1-27(46)43-34-37(36-33(52-39(34)44-45-42)26-50-40(53-36)31-20-12-5-13-21-31)54-41-38(49-24-30-18-10-4-11-19-30)35(48-23-29-16-8-3-9-17-29)32(25-51-41)47-22-28-14-6-2-7-15-28/h2-21,32-41H,22-26H2,1H3,(H,43,46)/t32-,33-,34-,35-,36-,37-,38+,39-,40?,41+/m1/s1. The topological polar surface area (TPSA) is 152 Å². The maximum absolute atomic E-state index is 12.7. The first kappa shape index (κ1) is 37.6. The normalized spacial score (nSPS) is 29.4. The molecule has 7 rings (SSSR count). The van der Waals surface area contributed by atoms with E-state index in [0.717, 1.165) is 22.3 Å². The van der Waals surface area contributed by atoms with Gasteiger partial charge in [0.15, 0.2) is 18.8 Å². The van der Waals surface area contributed by atoms with Crippen molar-refractivity contribution in [2.75, 3.05) is 13.2 Å². The molecule has 3 fully saturated rings. The average molecular weight is 737 g/mol. The van der Waals surface area contributed by atoms with Crippen molar-refractivity contribution in [3.8, 4) is 0 Å². The molecule has 3 saturated heterocycles. The first-order chi connectivity index (χ1) is 26.6. The molecule has 3 aliphatic rings. The first-order valence-electron chi connectivity index (χ1n) is 18.1. The minimum absolute atomic E-state index is 0.112. The summed E-state index contributed by atoms with van der Waals surface area (Å²) in [6.45, 7) is 2.44. The summed E-state index contributed by atoms with van der Waals surface area (Å²) in [5, 5.41) is 6.80. The second kappa shape index (κ2) is 18.6. The molecule has 282 valence electrons. The molecule has 10 atom stereocenters. The number of ether oxygens (including phenoxy) is 8. The van der Waals surface area contributed by atoms with Crippen LogP contribution in [0.15, 0.2) is 126 Å². The van der Waals surface area contributed by atoms with Gasteiger partial charge in [0.05, 0.1) is 39.1 Å². The molecular formula is C41H44N4O9. The first-order valence-corrected chi connectivity index (χ1v) is 18.1. The maximum atomic E-state index is 12.7. The highest BCUT2D eigenvalue weighted by Gasteiger charge is 2.54. The van der Waals surface area contributed by atoms with E-state index in [4.69, 9.17) is 37.9 Å². The van der Waals surface area contributed by atoms with Crippen LogP contribution in [-0.2, 0) is 62.5 Å². The zero-order valence-electron chi connectivity index (χ0n) is 29.9. The molecule has 0 aliphatic carbocycles. The number of hydrogen-bond donors (Lipinski definition) is 1. The number of benzene rings is 4. The van der Waals surface area contributed by atoms with Crippen molar-refractivity contribution in [1.29, 1.82) is 0 Å². The van der Waals surface area contributed by atoms with Gasteiger partial charge in [-0.3, -0.25) is 4.79 Å². The van der Waals surface area contributed by atoms with Crippen molar-refractivity contribution >= 4 is 5.91 Å². The molecule has 3 heterocycles. The minimum atomic E-state index is -1.13. The van der Waals surface area contributed by atoms with Crippen molar-refractivity contribution in [2.45, 2.75) is 88.2 Å². The van der Waals surface area contributed by atoms with Crippen LogP contribution in [0.5, 0.6) is 0 Å². The predicted octanol–water partition coefficient (Wildman–Crippen LogP) is 6.14. The molecule has 0 saturated carbocycles. The van der Waals surface area contributed by atoms with Gasteiger partial charge in [-0.1, -0.05) is 126 Å². The van der Waals surface area contributed by atoms with Gasteiger partial charge < -0.3 is 43.2 Å². The third kappa shape index (κ3) is 9.52. The van der Waals surface area contributed by atoms with Crippen molar-refractivity contribution in [1.82, 2.24) is 5.32 Å². The second-order valence-electron chi connectivity index (χ2n) is 13.3. The number of hydrogen-bond acceptors (Lipinski definition) is 10. The maximum Gasteiger partial charge on any atom is 0.217 e. The highest BCUT2D eigenvalue weighted by Crippen LogP contribution is 2.38. The van der Waals surface area contributed by atoms with Crippen LogP contribution < -0.4 is 5.32 Å². The number of nitrogens with one attached hydrogen (secondary N) is 1. The monoisotopic (exact) mass is 736 g/mol. The van der Waals surface area contributed by atoms with Gasteiger partial charge in [0.1, 0.15) is 36.6 Å². The lowest BCUT2D eigenvalue weighted by molar-refractivity contribution is -0.358. The highest BCUT2D eigenvalue weighted by molar-refractivity contribution is 5.73. The van der Waals surface area contributed by atoms with Gasteiger partial charge in [-0.2, -0.15) is 0 Å². The Morgan fingerprint density at radius 3 is 1.85 bits per heavy atom.